The molecule has 0 rings (SSSR count). The standard InChI is InChI=1S/2C5H14OSSi.C4H12OSi.5CH4/c2*1-6-8(3,4)5-7-2;1-5-6(2,3)4;;;;;/h2*5H2,1-4H3;1-4H3;5*1H4. The van der Waals surface area contributed by atoms with Gasteiger partial charge in [0.05, 0.1) is 0 Å². The number of thioether (sulfide) groups is 2. The van der Waals surface area contributed by atoms with Crippen LogP contribution in [-0.4, -0.2) is 69.5 Å². The molecule has 0 aliphatic heterocycles. The molecule has 0 bridgehead atoms. The van der Waals surface area contributed by atoms with Crippen molar-refractivity contribution in [1.82, 2.24) is 0 Å². The van der Waals surface area contributed by atoms with Gasteiger partial charge in [0.15, 0.2) is 25.0 Å². The van der Waals surface area contributed by atoms with Crippen molar-refractivity contribution in [2.75, 3.05) is 44.6 Å². The van der Waals surface area contributed by atoms with E-state index in [0.29, 0.717) is 0 Å². The summed E-state index contributed by atoms with van der Waals surface area (Å²) in [5.41, 5.74) is 0. The number of hydrogen-bond acceptors (Lipinski definition) is 5. The van der Waals surface area contributed by atoms with E-state index in [-0.39, 0.29) is 37.1 Å². The van der Waals surface area contributed by atoms with Gasteiger partial charge in [0.25, 0.3) is 0 Å². The first-order chi connectivity index (χ1) is 9.80. The molecule has 8 heteroatoms. The molecule has 0 unspecified atom stereocenters. The van der Waals surface area contributed by atoms with E-state index in [9.17, 15) is 0 Å². The lowest BCUT2D eigenvalue weighted by molar-refractivity contribution is 0.409. The van der Waals surface area contributed by atoms with Crippen LogP contribution < -0.4 is 0 Å². The molecular formula is C19H60O3S2Si3. The molecule has 0 aliphatic rings. The molecule has 0 aromatic rings. The molecule has 0 amide bonds. The molecule has 0 aliphatic carbocycles. The van der Waals surface area contributed by atoms with Gasteiger partial charge in [-0.25, -0.2) is 0 Å². The molecule has 0 spiro atoms. The van der Waals surface area contributed by atoms with Gasteiger partial charge in [-0.15, -0.1) is 0 Å². The van der Waals surface area contributed by atoms with Gasteiger partial charge in [0.2, 0.25) is 0 Å². The first kappa shape index (κ1) is 51.1. The average Bonchev–Trinajstić information content (AvgIpc) is 2.39. The lowest BCUT2D eigenvalue weighted by Gasteiger charge is -2.17. The Kier molecular flexibility index (Phi) is 51.6. The van der Waals surface area contributed by atoms with Crippen molar-refractivity contribution < 1.29 is 13.3 Å². The van der Waals surface area contributed by atoms with E-state index < -0.39 is 25.0 Å². The Morgan fingerprint density at radius 3 is 0.741 bits per heavy atom. The summed E-state index contributed by atoms with van der Waals surface area (Å²) < 4.78 is 15.7. The highest BCUT2D eigenvalue weighted by atomic mass is 32.2. The Bertz CT molecular complexity index is 233. The molecule has 0 N–H and O–H groups in total. The summed E-state index contributed by atoms with van der Waals surface area (Å²) in [5.74, 6) is 0. The van der Waals surface area contributed by atoms with E-state index in [1.807, 2.05) is 37.7 Å². The first-order valence-electron chi connectivity index (χ1n) is 7.44. The van der Waals surface area contributed by atoms with Crippen molar-refractivity contribution in [2.45, 2.75) is 83.0 Å². The molecule has 0 heterocycles. The van der Waals surface area contributed by atoms with Crippen LogP contribution in [-0.2, 0) is 13.3 Å². The molecule has 0 aromatic heterocycles. The third-order valence-corrected chi connectivity index (χ3v) is 14.0. The third kappa shape index (κ3) is 52.2. The highest BCUT2D eigenvalue weighted by molar-refractivity contribution is 8.00. The van der Waals surface area contributed by atoms with Gasteiger partial charge < -0.3 is 13.3 Å². The van der Waals surface area contributed by atoms with Gasteiger partial charge in [0, 0.05) is 32.1 Å². The van der Waals surface area contributed by atoms with Gasteiger partial charge >= 0.3 is 0 Å². The molecule has 0 saturated heterocycles. The van der Waals surface area contributed by atoms with Crippen LogP contribution in [0.4, 0.5) is 0 Å². The Morgan fingerprint density at radius 1 is 0.519 bits per heavy atom. The van der Waals surface area contributed by atoms with Crippen LogP contribution >= 0.6 is 23.5 Å². The maximum atomic E-state index is 5.30. The largest absolute Gasteiger partial charge is 0.421 e. The minimum atomic E-state index is -1.21. The fourth-order valence-electron chi connectivity index (χ4n) is 0.813. The van der Waals surface area contributed by atoms with Crippen molar-refractivity contribution >= 4 is 48.5 Å². The van der Waals surface area contributed by atoms with Gasteiger partial charge in [0.1, 0.15) is 0 Å². The van der Waals surface area contributed by atoms with Crippen LogP contribution in [0.3, 0.4) is 0 Å². The normalized spacial score (nSPS) is 9.78. The van der Waals surface area contributed by atoms with Crippen LogP contribution in [0, 0.1) is 0 Å². The minimum absolute atomic E-state index is 0. The molecule has 0 fully saturated rings. The first-order valence-corrected chi connectivity index (χ1v) is 19.9. The van der Waals surface area contributed by atoms with Gasteiger partial charge in [-0.05, 0) is 58.3 Å². The Hall–Kier alpha value is 1.23. The van der Waals surface area contributed by atoms with Gasteiger partial charge in [-0.1, -0.05) is 37.1 Å². The maximum Gasteiger partial charge on any atom is 0.195 e. The number of rotatable bonds is 7. The summed E-state index contributed by atoms with van der Waals surface area (Å²) in [6.45, 7) is 15.4. The Morgan fingerprint density at radius 2 is 0.704 bits per heavy atom. The minimum Gasteiger partial charge on any atom is -0.421 e. The van der Waals surface area contributed by atoms with E-state index in [0.717, 1.165) is 0 Å². The second-order valence-electron chi connectivity index (χ2n) is 7.11. The van der Waals surface area contributed by atoms with Crippen molar-refractivity contribution in [3.63, 3.8) is 0 Å². The van der Waals surface area contributed by atoms with Crippen molar-refractivity contribution in [2.24, 2.45) is 0 Å². The summed E-state index contributed by atoms with van der Waals surface area (Å²) in [6, 6.07) is 0. The SMILES string of the molecule is C.C.C.C.C.CO[Si](C)(C)C.CO[Si](C)(C)CSC.CO[Si](C)(C)CSC. The highest BCUT2D eigenvalue weighted by Crippen LogP contribution is 2.09. The zero-order chi connectivity index (χ0) is 18.4. The lowest BCUT2D eigenvalue weighted by atomic mass is 11.8. The summed E-state index contributed by atoms with van der Waals surface area (Å²) in [6.07, 6.45) is 4.24. The van der Waals surface area contributed by atoms with Crippen LogP contribution in [0.15, 0.2) is 0 Å². The fourth-order valence-corrected chi connectivity index (χ4v) is 7.32. The zero-order valence-electron chi connectivity index (χ0n) is 17.0. The van der Waals surface area contributed by atoms with E-state index >= 15 is 0 Å². The van der Waals surface area contributed by atoms with E-state index in [1.165, 1.54) is 10.8 Å². The average molecular weight is 485 g/mol. The van der Waals surface area contributed by atoms with Crippen LogP contribution in [0.5, 0.6) is 0 Å². The molecule has 0 atom stereocenters. The van der Waals surface area contributed by atoms with Crippen LogP contribution in [0.1, 0.15) is 37.1 Å². The molecule has 0 radical (unpaired) electrons. The lowest BCUT2D eigenvalue weighted by Crippen LogP contribution is -2.32. The topological polar surface area (TPSA) is 27.7 Å². The predicted octanol–water partition coefficient (Wildman–Crippen LogP) is 8.13. The van der Waals surface area contributed by atoms with Crippen molar-refractivity contribution in [3.8, 4) is 0 Å². The molecular weight excluding hydrogens is 425 g/mol. The summed E-state index contributed by atoms with van der Waals surface area (Å²) >= 11 is 3.74. The van der Waals surface area contributed by atoms with Gasteiger partial charge in [-0.3, -0.25) is 0 Å². The van der Waals surface area contributed by atoms with Crippen molar-refractivity contribution in [3.05, 3.63) is 0 Å². The molecule has 178 valence electrons. The summed E-state index contributed by atoms with van der Waals surface area (Å²) in [4.78, 5) is 0. The van der Waals surface area contributed by atoms with E-state index in [4.69, 9.17) is 13.3 Å². The quantitative estimate of drug-likeness (QED) is 0.340. The van der Waals surface area contributed by atoms with Crippen LogP contribution in [0.2, 0.25) is 45.8 Å². The summed E-state index contributed by atoms with van der Waals surface area (Å²) in [5, 5.41) is 2.40. The molecule has 27 heavy (non-hydrogen) atoms. The third-order valence-electron chi connectivity index (χ3n) is 2.70. The zero-order valence-corrected chi connectivity index (χ0v) is 21.6. The smallest absolute Gasteiger partial charge is 0.195 e. The van der Waals surface area contributed by atoms with Crippen LogP contribution in [0.25, 0.3) is 0 Å². The second-order valence-corrected chi connectivity index (χ2v) is 23.1. The summed E-state index contributed by atoms with van der Waals surface area (Å²) in [7, 11) is 1.83. The maximum absolute atomic E-state index is 5.30. The van der Waals surface area contributed by atoms with Crippen molar-refractivity contribution in [1.29, 1.82) is 0 Å². The number of hydrogen-bond donors (Lipinski definition) is 0. The Labute approximate surface area is 188 Å². The Balaban J connectivity index is -0.0000000309. The monoisotopic (exact) mass is 484 g/mol. The second kappa shape index (κ2) is 27.2. The van der Waals surface area contributed by atoms with E-state index in [2.05, 4.69) is 58.3 Å². The predicted molar refractivity (Wildman–Crippen MR) is 150 cm³/mol. The molecule has 0 aromatic carbocycles. The molecule has 0 saturated carbocycles. The highest BCUT2D eigenvalue weighted by Gasteiger charge is 2.19. The molecule has 3 nitrogen and oxygen atoms in total. The fraction of sp³-hybridized carbons (Fsp3) is 1.00. The van der Waals surface area contributed by atoms with E-state index in [1.54, 1.807) is 7.11 Å². The van der Waals surface area contributed by atoms with Gasteiger partial charge in [-0.2, -0.15) is 23.5 Å².